The van der Waals surface area contributed by atoms with Crippen molar-refractivity contribution >= 4 is 99.6 Å². The van der Waals surface area contributed by atoms with Gasteiger partial charge < -0.3 is 18.9 Å². The molecule has 0 N–H and O–H groups in total. The second-order valence-electron chi connectivity index (χ2n) is 22.1. The van der Waals surface area contributed by atoms with Crippen molar-refractivity contribution in [3.8, 4) is 20.9 Å². The summed E-state index contributed by atoms with van der Waals surface area (Å²) in [5.74, 6) is -4.25. The molecule has 0 bridgehead atoms. The van der Waals surface area contributed by atoms with Gasteiger partial charge in [0.2, 0.25) is 32.5 Å². The fourth-order valence-corrected chi connectivity index (χ4v) is 14.7. The van der Waals surface area contributed by atoms with Crippen LogP contribution in [0.25, 0.3) is 64.0 Å². The van der Waals surface area contributed by atoms with Crippen LogP contribution in [0.2, 0.25) is 0 Å². The third kappa shape index (κ3) is 8.89. The number of carbonyl (C=O) groups is 4. The predicted octanol–water partition coefficient (Wildman–Crippen LogP) is 11.6. The van der Waals surface area contributed by atoms with Crippen LogP contribution in [0.4, 0.5) is 10.0 Å². The smallest absolute Gasteiger partial charge is 0.333 e. The average molecular weight is 1220 g/mol. The van der Waals surface area contributed by atoms with E-state index >= 15 is 19.2 Å². The number of esters is 4. The lowest BCUT2D eigenvalue weighted by molar-refractivity contribution is -0.166. The van der Waals surface area contributed by atoms with E-state index in [-0.39, 0.29) is 112 Å². The van der Waals surface area contributed by atoms with Crippen LogP contribution < -0.4 is 32.4 Å². The molecule has 0 radical (unpaired) electrons. The maximum atomic E-state index is 15.9. The molecule has 0 spiro atoms. The van der Waals surface area contributed by atoms with Gasteiger partial charge in [0.1, 0.15) is 36.4 Å². The highest BCUT2D eigenvalue weighted by Gasteiger charge is 2.63. The van der Waals surface area contributed by atoms with Gasteiger partial charge in [0.15, 0.2) is 10.7 Å². The summed E-state index contributed by atoms with van der Waals surface area (Å²) in [5.41, 5.74) is -4.66. The highest BCUT2D eigenvalue weighted by atomic mass is 32.1. The normalized spacial score (nSPS) is 13.2. The fraction of sp³-hybridized carbons (Fsp3) is 0.0811. The number of benzene rings is 9. The average Bonchev–Trinajstić information content (AvgIpc) is 1.51. The second kappa shape index (κ2) is 21.9. The van der Waals surface area contributed by atoms with Crippen molar-refractivity contribution in [2.24, 2.45) is 9.98 Å². The predicted molar refractivity (Wildman–Crippen MR) is 343 cm³/mol. The molecule has 434 valence electrons. The molecule has 90 heavy (non-hydrogen) atoms. The molecule has 11 aromatic carbocycles. The van der Waals surface area contributed by atoms with E-state index in [1.54, 1.807) is 158 Å². The van der Waals surface area contributed by atoms with E-state index in [0.29, 0.717) is 22.3 Å². The van der Waals surface area contributed by atoms with E-state index < -0.39 is 56.4 Å². The zero-order valence-corrected chi connectivity index (χ0v) is 48.9. The van der Waals surface area contributed by atoms with Gasteiger partial charge in [0.25, 0.3) is 0 Å². The van der Waals surface area contributed by atoms with Crippen molar-refractivity contribution in [3.63, 3.8) is 0 Å². The number of fused-ring (bicyclic) bond motifs is 10. The summed E-state index contributed by atoms with van der Waals surface area (Å²) in [7, 11) is 0. The molecule has 16 heteroatoms. The largest absolute Gasteiger partial charge is 0.459 e. The SMILES string of the molecule is O=C(OCc1ccccc1)C1(C(=O)OCc2ccccc2)c2cc3c(cc2-c2sc(N=c4c(=O)c5cc6ccccc6cc5c4=O)cc21)C(C(=O)OCc1ccccc1)(C(=O)OCc1ccccc1)c1cc(N=c2c(=O)c4cc5ccccc5cc4c2=O)sc1-3. The summed E-state index contributed by atoms with van der Waals surface area (Å²) in [6.07, 6.45) is 0. The maximum Gasteiger partial charge on any atom is 0.333 e. The van der Waals surface area contributed by atoms with Crippen molar-refractivity contribution in [1.29, 1.82) is 0 Å². The summed E-state index contributed by atoms with van der Waals surface area (Å²) in [6.45, 7) is -1.18. The molecule has 0 saturated heterocycles. The van der Waals surface area contributed by atoms with Gasteiger partial charge in [-0.2, -0.15) is 0 Å². The molecular weight excluding hydrogens is 1170 g/mol. The molecule has 0 fully saturated rings. The number of ether oxygens (including phenoxy) is 4. The molecule has 2 heterocycles. The lowest BCUT2D eigenvalue weighted by atomic mass is 9.75. The first kappa shape index (κ1) is 55.4. The number of carbonyl (C=O) groups excluding carboxylic acids is 4. The lowest BCUT2D eigenvalue weighted by Crippen LogP contribution is -2.46. The standard InChI is InChI=1S/C74H44N2O12S2/c77-63-49-29-45-25-13-14-26-46(45)30-50(49)64(78)61(63)75-59-35-57-67(89-59)53-34-56-54(33-55(53)73(57,69(81)85-37-41-17-5-1-6-18-41)70(82)86-38-42-19-7-2-8-20-42)68-58(36-60(90-68)76-62-65(79)51-31-47-27-15-16-28-48(47)32-52(51)66(62)80)74(56,71(83)87-39-43-21-9-3-10-22-43)72(84)88-40-44-23-11-4-12-24-44/h1-36H,37-40H2. The Bertz CT molecular complexity index is 4920. The van der Waals surface area contributed by atoms with Gasteiger partial charge in [0.05, 0.1) is 0 Å². The molecule has 13 aromatic rings. The minimum Gasteiger partial charge on any atom is -0.459 e. The molecule has 15 rings (SSSR count). The van der Waals surface area contributed by atoms with Crippen LogP contribution in [0.15, 0.2) is 248 Å². The molecule has 2 aliphatic rings. The van der Waals surface area contributed by atoms with Gasteiger partial charge in [-0.25, -0.2) is 9.98 Å². The molecular formula is C74H44N2O12S2. The van der Waals surface area contributed by atoms with E-state index in [4.69, 9.17) is 28.9 Å². The summed E-state index contributed by atoms with van der Waals surface area (Å²) >= 11 is 1.93. The minimum atomic E-state index is -2.51. The molecule has 2 aliphatic carbocycles. The van der Waals surface area contributed by atoms with E-state index in [0.717, 1.165) is 44.2 Å². The van der Waals surface area contributed by atoms with Crippen molar-refractivity contribution in [1.82, 2.24) is 0 Å². The van der Waals surface area contributed by atoms with E-state index in [1.807, 2.05) is 48.5 Å². The van der Waals surface area contributed by atoms with E-state index in [1.165, 1.54) is 12.1 Å². The minimum absolute atomic E-state index is 0.0238. The van der Waals surface area contributed by atoms with Crippen LogP contribution in [0, 0.1) is 0 Å². The van der Waals surface area contributed by atoms with Crippen LogP contribution in [-0.2, 0) is 75.4 Å². The number of hydrogen-bond donors (Lipinski definition) is 0. The Labute approximate surface area is 517 Å². The van der Waals surface area contributed by atoms with Crippen molar-refractivity contribution in [2.75, 3.05) is 0 Å². The third-order valence-corrected chi connectivity index (χ3v) is 19.0. The van der Waals surface area contributed by atoms with Crippen molar-refractivity contribution in [2.45, 2.75) is 37.3 Å². The Morgan fingerprint density at radius 2 is 0.578 bits per heavy atom. The molecule has 0 saturated carbocycles. The van der Waals surface area contributed by atoms with Gasteiger partial charge in [-0.1, -0.05) is 170 Å². The molecule has 2 aromatic heterocycles. The van der Waals surface area contributed by atoms with Crippen molar-refractivity contribution in [3.05, 3.63) is 315 Å². The Hall–Kier alpha value is -11.2. The summed E-state index contributed by atoms with van der Waals surface area (Å²) in [6, 6.07) is 62.7. The van der Waals surface area contributed by atoms with Crippen LogP contribution in [0.1, 0.15) is 44.5 Å². The van der Waals surface area contributed by atoms with Gasteiger partial charge in [-0.15, -0.1) is 22.7 Å². The molecule has 0 amide bonds. The van der Waals surface area contributed by atoms with Crippen molar-refractivity contribution < 1.29 is 38.1 Å². The monoisotopic (exact) mass is 1220 g/mol. The van der Waals surface area contributed by atoms with E-state index in [9.17, 15) is 19.2 Å². The summed E-state index contributed by atoms with van der Waals surface area (Å²) in [4.78, 5) is 131. The van der Waals surface area contributed by atoms with Crippen LogP contribution in [0.3, 0.4) is 0 Å². The fourth-order valence-electron chi connectivity index (χ4n) is 12.5. The lowest BCUT2D eigenvalue weighted by Gasteiger charge is -2.29. The molecule has 14 nitrogen and oxygen atoms in total. The van der Waals surface area contributed by atoms with E-state index in [2.05, 4.69) is 0 Å². The highest BCUT2D eigenvalue weighted by Crippen LogP contribution is 2.62. The van der Waals surface area contributed by atoms with Gasteiger partial charge in [-0.3, -0.25) is 38.4 Å². The number of thiophene rings is 2. The van der Waals surface area contributed by atoms with Crippen LogP contribution in [-0.4, -0.2) is 23.9 Å². The topological polar surface area (TPSA) is 198 Å². The Kier molecular flexibility index (Phi) is 13.5. The Morgan fingerprint density at radius 3 is 0.844 bits per heavy atom. The van der Waals surface area contributed by atoms with Gasteiger partial charge in [-0.05, 0) is 115 Å². The first-order valence-corrected chi connectivity index (χ1v) is 30.3. The number of hydrogen-bond acceptors (Lipinski definition) is 16. The number of nitrogens with zero attached hydrogens (tertiary/aromatic N) is 2. The number of rotatable bonds is 14. The first-order valence-electron chi connectivity index (χ1n) is 28.6. The third-order valence-electron chi connectivity index (χ3n) is 16.8. The summed E-state index contributed by atoms with van der Waals surface area (Å²) < 4.78 is 25.0. The zero-order chi connectivity index (χ0) is 61.4. The maximum absolute atomic E-state index is 15.9. The zero-order valence-electron chi connectivity index (χ0n) is 47.2. The summed E-state index contributed by atoms with van der Waals surface area (Å²) in [5, 5.41) is 2.99. The molecule has 0 aliphatic heterocycles. The van der Waals surface area contributed by atoms with Crippen LogP contribution >= 0.6 is 22.7 Å². The Morgan fingerprint density at radius 1 is 0.322 bits per heavy atom. The molecule has 0 atom stereocenters. The quantitative estimate of drug-likeness (QED) is 0.0568. The molecule has 0 unspecified atom stereocenters. The second-order valence-corrected chi connectivity index (χ2v) is 24.1. The van der Waals surface area contributed by atoms with Gasteiger partial charge >= 0.3 is 23.9 Å². The first-order chi connectivity index (χ1) is 43.9. The highest BCUT2D eigenvalue weighted by molar-refractivity contribution is 7.20. The van der Waals surface area contributed by atoms with Gasteiger partial charge in [0, 0.05) is 42.4 Å². The van der Waals surface area contributed by atoms with Crippen LogP contribution in [0.5, 0.6) is 0 Å². The Balaban J connectivity index is 0.990.